The maximum absolute atomic E-state index is 13.8. The third kappa shape index (κ3) is 4.06. The van der Waals surface area contributed by atoms with Crippen LogP contribution < -0.4 is 5.73 Å². The van der Waals surface area contributed by atoms with E-state index in [9.17, 15) is 4.39 Å². The van der Waals surface area contributed by atoms with Crippen LogP contribution in [0.5, 0.6) is 0 Å². The first-order chi connectivity index (χ1) is 9.56. The molecule has 0 heterocycles. The number of hydrogen-bond donors (Lipinski definition) is 1. The second-order valence-electron chi connectivity index (χ2n) is 5.20. The number of halogens is 2. The highest BCUT2D eigenvalue weighted by atomic mass is 35.5. The lowest BCUT2D eigenvalue weighted by Gasteiger charge is -2.13. The highest BCUT2D eigenvalue weighted by Crippen LogP contribution is 2.19. The molecule has 0 amide bonds. The molecule has 0 saturated carbocycles. The Bertz CT molecular complexity index is 583. The van der Waals surface area contributed by atoms with Crippen molar-refractivity contribution in [1.82, 2.24) is 0 Å². The van der Waals surface area contributed by atoms with Gasteiger partial charge in [0.15, 0.2) is 0 Å². The van der Waals surface area contributed by atoms with E-state index in [0.29, 0.717) is 12.0 Å². The molecule has 20 heavy (non-hydrogen) atoms. The fourth-order valence-corrected chi connectivity index (χ4v) is 2.50. The first-order valence-electron chi connectivity index (χ1n) is 6.80. The van der Waals surface area contributed by atoms with Crippen molar-refractivity contribution in [2.45, 2.75) is 32.2 Å². The summed E-state index contributed by atoms with van der Waals surface area (Å²) in [6, 6.07) is 13.4. The third-order valence-electron chi connectivity index (χ3n) is 3.40. The first-order valence-corrected chi connectivity index (χ1v) is 7.18. The van der Waals surface area contributed by atoms with Gasteiger partial charge in [-0.1, -0.05) is 53.6 Å². The fraction of sp³-hybridized carbons (Fsp3) is 0.294. The van der Waals surface area contributed by atoms with Gasteiger partial charge in [-0.15, -0.1) is 0 Å². The number of rotatable bonds is 5. The van der Waals surface area contributed by atoms with Crippen molar-refractivity contribution < 1.29 is 4.39 Å². The minimum absolute atomic E-state index is 0.0662. The Hall–Kier alpha value is -1.38. The van der Waals surface area contributed by atoms with Crippen LogP contribution in [0.4, 0.5) is 4.39 Å². The van der Waals surface area contributed by atoms with Crippen LogP contribution >= 0.6 is 11.6 Å². The Kier molecular flexibility index (Phi) is 5.16. The highest BCUT2D eigenvalue weighted by Gasteiger charge is 2.10. The molecular weight excluding hydrogens is 273 g/mol. The zero-order chi connectivity index (χ0) is 14.5. The van der Waals surface area contributed by atoms with Gasteiger partial charge in [0.05, 0.1) is 5.02 Å². The van der Waals surface area contributed by atoms with E-state index in [1.165, 1.54) is 11.1 Å². The van der Waals surface area contributed by atoms with Gasteiger partial charge in [0.25, 0.3) is 0 Å². The quantitative estimate of drug-likeness (QED) is 0.874. The summed E-state index contributed by atoms with van der Waals surface area (Å²) in [6.45, 7) is 2.07. The lowest BCUT2D eigenvalue weighted by molar-refractivity contribution is 0.566. The van der Waals surface area contributed by atoms with E-state index in [1.54, 1.807) is 18.2 Å². The minimum atomic E-state index is -0.347. The van der Waals surface area contributed by atoms with E-state index in [2.05, 4.69) is 25.1 Å². The van der Waals surface area contributed by atoms with Crippen LogP contribution in [0.15, 0.2) is 42.5 Å². The monoisotopic (exact) mass is 291 g/mol. The molecule has 0 saturated heterocycles. The van der Waals surface area contributed by atoms with Crippen molar-refractivity contribution >= 4 is 11.6 Å². The number of aryl methyl sites for hydroxylation is 2. The molecular formula is C17H19ClFN. The van der Waals surface area contributed by atoms with Crippen LogP contribution in [0.25, 0.3) is 0 Å². The zero-order valence-electron chi connectivity index (χ0n) is 11.6. The van der Waals surface area contributed by atoms with Gasteiger partial charge in [-0.05, 0) is 43.4 Å². The summed E-state index contributed by atoms with van der Waals surface area (Å²) in [6.07, 6.45) is 2.25. The second-order valence-corrected chi connectivity index (χ2v) is 5.61. The molecule has 0 radical (unpaired) electrons. The number of nitrogens with two attached hydrogens (primary N) is 1. The zero-order valence-corrected chi connectivity index (χ0v) is 12.3. The molecule has 1 unspecified atom stereocenters. The molecule has 1 nitrogen and oxygen atoms in total. The third-order valence-corrected chi connectivity index (χ3v) is 3.69. The number of benzene rings is 2. The van der Waals surface area contributed by atoms with Crippen molar-refractivity contribution in [3.05, 3.63) is 70.0 Å². The van der Waals surface area contributed by atoms with E-state index in [4.69, 9.17) is 17.3 Å². The lowest BCUT2D eigenvalue weighted by atomic mass is 9.99. The maximum Gasteiger partial charge on any atom is 0.145 e. The molecule has 2 aromatic rings. The van der Waals surface area contributed by atoms with Crippen molar-refractivity contribution in [2.75, 3.05) is 0 Å². The van der Waals surface area contributed by atoms with Gasteiger partial charge in [-0.25, -0.2) is 4.39 Å². The molecule has 3 heteroatoms. The van der Waals surface area contributed by atoms with Crippen molar-refractivity contribution in [3.8, 4) is 0 Å². The van der Waals surface area contributed by atoms with Gasteiger partial charge in [-0.3, -0.25) is 0 Å². The van der Waals surface area contributed by atoms with Gasteiger partial charge in [0.2, 0.25) is 0 Å². The van der Waals surface area contributed by atoms with Crippen LogP contribution in [0, 0.1) is 12.7 Å². The van der Waals surface area contributed by atoms with E-state index < -0.39 is 0 Å². The maximum atomic E-state index is 13.8. The average molecular weight is 292 g/mol. The van der Waals surface area contributed by atoms with E-state index >= 15 is 0 Å². The molecule has 0 aliphatic rings. The smallest absolute Gasteiger partial charge is 0.145 e. The van der Waals surface area contributed by atoms with E-state index in [-0.39, 0.29) is 16.9 Å². The summed E-state index contributed by atoms with van der Waals surface area (Å²) >= 11 is 5.77. The molecule has 0 bridgehead atoms. The summed E-state index contributed by atoms with van der Waals surface area (Å²) in [4.78, 5) is 0. The van der Waals surface area contributed by atoms with Gasteiger partial charge in [-0.2, -0.15) is 0 Å². The van der Waals surface area contributed by atoms with E-state index in [0.717, 1.165) is 12.8 Å². The van der Waals surface area contributed by atoms with Gasteiger partial charge < -0.3 is 5.73 Å². The summed E-state index contributed by atoms with van der Waals surface area (Å²) in [5, 5.41) is 0.161. The molecule has 2 rings (SSSR count). The van der Waals surface area contributed by atoms with Crippen molar-refractivity contribution in [2.24, 2.45) is 5.73 Å². The van der Waals surface area contributed by atoms with Gasteiger partial charge in [0.1, 0.15) is 5.82 Å². The molecule has 1 atom stereocenters. The molecule has 0 aromatic heterocycles. The normalized spacial score (nSPS) is 12.4. The van der Waals surface area contributed by atoms with Gasteiger partial charge >= 0.3 is 0 Å². The molecule has 106 valence electrons. The topological polar surface area (TPSA) is 26.0 Å². The molecule has 2 N–H and O–H groups in total. The Labute approximate surface area is 124 Å². The SMILES string of the molecule is Cc1cccc(CCC(N)Cc2cccc(Cl)c2F)c1. The fourth-order valence-electron chi connectivity index (χ4n) is 2.31. The molecule has 0 spiro atoms. The first kappa shape index (κ1) is 15.0. The molecule has 0 fully saturated rings. The van der Waals surface area contributed by atoms with Crippen LogP contribution in [0.1, 0.15) is 23.1 Å². The summed E-state index contributed by atoms with van der Waals surface area (Å²) in [5.41, 5.74) is 9.21. The van der Waals surface area contributed by atoms with Crippen molar-refractivity contribution in [3.63, 3.8) is 0 Å². The van der Waals surface area contributed by atoms with Crippen LogP contribution in [0.2, 0.25) is 5.02 Å². The molecule has 0 aliphatic carbocycles. The highest BCUT2D eigenvalue weighted by molar-refractivity contribution is 6.30. The number of hydrogen-bond acceptors (Lipinski definition) is 1. The Morgan fingerprint density at radius 1 is 1.20 bits per heavy atom. The lowest BCUT2D eigenvalue weighted by Crippen LogP contribution is -2.24. The standard InChI is InChI=1S/C17H19ClFN/c1-12-4-2-5-13(10-12)8-9-15(20)11-14-6-3-7-16(18)17(14)19/h2-7,10,15H,8-9,11,20H2,1H3. The van der Waals surface area contributed by atoms with Crippen molar-refractivity contribution in [1.29, 1.82) is 0 Å². The predicted molar refractivity (Wildman–Crippen MR) is 82.6 cm³/mol. The Morgan fingerprint density at radius 3 is 2.70 bits per heavy atom. The Morgan fingerprint density at radius 2 is 1.95 bits per heavy atom. The average Bonchev–Trinajstić information content (AvgIpc) is 2.42. The summed E-state index contributed by atoms with van der Waals surface area (Å²) in [7, 11) is 0. The predicted octanol–water partition coefficient (Wildman–Crippen LogP) is 4.29. The molecule has 0 aliphatic heterocycles. The molecule has 2 aromatic carbocycles. The second kappa shape index (κ2) is 6.87. The summed E-state index contributed by atoms with van der Waals surface area (Å²) in [5.74, 6) is -0.347. The van der Waals surface area contributed by atoms with Crippen LogP contribution in [-0.2, 0) is 12.8 Å². The summed E-state index contributed by atoms with van der Waals surface area (Å²) < 4.78 is 13.8. The largest absolute Gasteiger partial charge is 0.327 e. The minimum Gasteiger partial charge on any atom is -0.327 e. The van der Waals surface area contributed by atoms with E-state index in [1.807, 2.05) is 6.07 Å². The van der Waals surface area contributed by atoms with Crippen LogP contribution in [0.3, 0.4) is 0 Å². The van der Waals surface area contributed by atoms with Gasteiger partial charge in [0, 0.05) is 6.04 Å². The van der Waals surface area contributed by atoms with Crippen LogP contribution in [-0.4, -0.2) is 6.04 Å². The Balaban J connectivity index is 1.92.